The molecule has 10 heteroatoms. The molecule has 0 aliphatic rings. The molecule has 0 aliphatic heterocycles. The van der Waals surface area contributed by atoms with E-state index in [1.54, 1.807) is 44.6 Å². The van der Waals surface area contributed by atoms with Crippen molar-refractivity contribution in [3.8, 4) is 34.3 Å². The first kappa shape index (κ1) is 22.0. The van der Waals surface area contributed by atoms with E-state index in [2.05, 4.69) is 30.5 Å². The fraction of sp³-hybridized carbons (Fsp3) is 0.227. The van der Waals surface area contributed by atoms with E-state index in [0.717, 1.165) is 17.7 Å². The highest BCUT2D eigenvalue weighted by Gasteiger charge is 2.21. The molecular weight excluding hydrogens is 428 g/mol. The largest absolute Gasteiger partial charge is 0.415 e. The summed E-state index contributed by atoms with van der Waals surface area (Å²) in [4.78, 5) is 13.0. The van der Waals surface area contributed by atoms with E-state index in [9.17, 15) is 9.11 Å². The summed E-state index contributed by atoms with van der Waals surface area (Å²) < 4.78 is 26.4. The lowest BCUT2D eigenvalue weighted by Gasteiger charge is -2.35. The van der Waals surface area contributed by atoms with Gasteiger partial charge in [-0.25, -0.2) is 9.97 Å². The van der Waals surface area contributed by atoms with Gasteiger partial charge in [0.15, 0.2) is 0 Å². The quantitative estimate of drug-likeness (QED) is 0.371. The second-order valence-electron chi connectivity index (χ2n) is 7.46. The van der Waals surface area contributed by atoms with E-state index in [0.29, 0.717) is 22.8 Å². The number of pyridine rings is 1. The highest BCUT2D eigenvalue weighted by Crippen LogP contribution is 2.51. The van der Waals surface area contributed by atoms with Gasteiger partial charge in [0.1, 0.15) is 10.7 Å². The molecule has 1 aromatic carbocycles. The molecule has 0 saturated heterocycles. The van der Waals surface area contributed by atoms with Gasteiger partial charge >= 0.3 is 0 Å². The van der Waals surface area contributed by atoms with Crippen LogP contribution in [0.25, 0.3) is 34.3 Å². The SMILES string of the molecule is CNCc1ccc(-c2nnc(-c3cncc(-c4ccc(S(O)(O)C(C)C)nc4)n3)o2)cc1. The zero-order chi connectivity index (χ0) is 22.7. The third kappa shape index (κ3) is 4.53. The van der Waals surface area contributed by atoms with Gasteiger partial charge in [0.2, 0.25) is 5.89 Å². The van der Waals surface area contributed by atoms with Gasteiger partial charge in [-0.1, -0.05) is 12.1 Å². The van der Waals surface area contributed by atoms with Crippen LogP contribution in [0.5, 0.6) is 0 Å². The zero-order valence-corrected chi connectivity index (χ0v) is 18.7. The van der Waals surface area contributed by atoms with Crippen LogP contribution >= 0.6 is 10.6 Å². The van der Waals surface area contributed by atoms with Crippen molar-refractivity contribution in [1.82, 2.24) is 30.5 Å². The minimum absolute atomic E-state index is 0.252. The van der Waals surface area contributed by atoms with Crippen LogP contribution in [0.1, 0.15) is 19.4 Å². The molecule has 0 saturated carbocycles. The first-order chi connectivity index (χ1) is 15.4. The minimum atomic E-state index is -2.94. The smallest absolute Gasteiger partial charge is 0.268 e. The topological polar surface area (TPSA) is 130 Å². The van der Waals surface area contributed by atoms with Crippen molar-refractivity contribution >= 4 is 10.6 Å². The standard InChI is InChI=1S/C22H24N6O3S/c1-14(2)32(29,30)20-9-8-17(11-25-20)18-12-24-13-19(26-18)22-28-27-21(31-22)16-6-4-15(5-7-16)10-23-3/h4-9,11-14,23,29-30H,10H2,1-3H3. The Morgan fingerprint density at radius 1 is 0.906 bits per heavy atom. The van der Waals surface area contributed by atoms with E-state index in [1.807, 2.05) is 31.3 Å². The Labute approximate surface area is 187 Å². The van der Waals surface area contributed by atoms with Gasteiger partial charge in [-0.3, -0.25) is 14.1 Å². The van der Waals surface area contributed by atoms with Crippen molar-refractivity contribution in [2.24, 2.45) is 0 Å². The first-order valence-electron chi connectivity index (χ1n) is 10.0. The van der Waals surface area contributed by atoms with Crippen LogP contribution in [0.2, 0.25) is 0 Å². The molecule has 0 unspecified atom stereocenters. The first-order valence-corrected chi connectivity index (χ1v) is 11.6. The van der Waals surface area contributed by atoms with Gasteiger partial charge in [-0.2, -0.15) is 0 Å². The second-order valence-corrected chi connectivity index (χ2v) is 10.0. The van der Waals surface area contributed by atoms with Crippen molar-refractivity contribution in [2.45, 2.75) is 30.7 Å². The highest BCUT2D eigenvalue weighted by molar-refractivity contribution is 8.24. The lowest BCUT2D eigenvalue weighted by molar-refractivity contribution is 0.472. The van der Waals surface area contributed by atoms with Crippen LogP contribution in [-0.2, 0) is 6.54 Å². The number of aromatic nitrogens is 5. The van der Waals surface area contributed by atoms with Crippen LogP contribution in [0.4, 0.5) is 0 Å². The molecule has 4 aromatic rings. The summed E-state index contributed by atoms with van der Waals surface area (Å²) in [6, 6.07) is 11.2. The fourth-order valence-corrected chi connectivity index (χ4v) is 3.93. The van der Waals surface area contributed by atoms with Gasteiger partial charge in [0, 0.05) is 29.1 Å². The second kappa shape index (κ2) is 9.13. The number of rotatable bonds is 7. The molecule has 3 aromatic heterocycles. The summed E-state index contributed by atoms with van der Waals surface area (Å²) in [5.74, 6) is 0.653. The van der Waals surface area contributed by atoms with E-state index >= 15 is 0 Å². The van der Waals surface area contributed by atoms with Crippen molar-refractivity contribution in [2.75, 3.05) is 7.05 Å². The predicted molar refractivity (Wildman–Crippen MR) is 123 cm³/mol. The molecule has 32 heavy (non-hydrogen) atoms. The molecular formula is C22H24N6O3S. The lowest BCUT2D eigenvalue weighted by atomic mass is 10.1. The molecule has 3 N–H and O–H groups in total. The van der Waals surface area contributed by atoms with Gasteiger partial charge in [-0.15, -0.1) is 20.8 Å². The average molecular weight is 453 g/mol. The monoisotopic (exact) mass is 452 g/mol. The lowest BCUT2D eigenvalue weighted by Crippen LogP contribution is -2.11. The zero-order valence-electron chi connectivity index (χ0n) is 17.9. The van der Waals surface area contributed by atoms with E-state index in [4.69, 9.17) is 4.42 Å². The number of hydrogen-bond donors (Lipinski definition) is 3. The molecule has 0 spiro atoms. The van der Waals surface area contributed by atoms with Crippen LogP contribution in [0.3, 0.4) is 0 Å². The van der Waals surface area contributed by atoms with Crippen molar-refractivity contribution in [1.29, 1.82) is 0 Å². The maximum atomic E-state index is 10.3. The van der Waals surface area contributed by atoms with Crippen LogP contribution in [0.15, 0.2) is 64.4 Å². The Bertz CT molecular complexity index is 1190. The number of nitrogens with zero attached hydrogens (tertiary/aromatic N) is 5. The van der Waals surface area contributed by atoms with E-state index in [-0.39, 0.29) is 16.2 Å². The number of hydrogen-bond acceptors (Lipinski definition) is 9. The molecule has 0 amide bonds. The molecule has 4 rings (SSSR count). The maximum Gasteiger partial charge on any atom is 0.268 e. The molecule has 166 valence electrons. The molecule has 9 nitrogen and oxygen atoms in total. The minimum Gasteiger partial charge on any atom is -0.415 e. The Kier molecular flexibility index (Phi) is 6.28. The third-order valence-corrected chi connectivity index (χ3v) is 7.03. The molecule has 0 bridgehead atoms. The summed E-state index contributed by atoms with van der Waals surface area (Å²) in [5, 5.41) is 11.3. The average Bonchev–Trinajstić information content (AvgIpc) is 3.30. The summed E-state index contributed by atoms with van der Waals surface area (Å²) in [5.41, 5.74) is 3.64. The molecule has 0 atom stereocenters. The van der Waals surface area contributed by atoms with Crippen LogP contribution in [0, 0.1) is 0 Å². The Morgan fingerprint density at radius 3 is 2.25 bits per heavy atom. The Morgan fingerprint density at radius 2 is 1.59 bits per heavy atom. The van der Waals surface area contributed by atoms with Crippen LogP contribution < -0.4 is 5.32 Å². The summed E-state index contributed by atoms with van der Waals surface area (Å²) >= 11 is 0. The Balaban J connectivity index is 1.57. The van der Waals surface area contributed by atoms with E-state index in [1.165, 1.54) is 0 Å². The fourth-order valence-electron chi connectivity index (χ4n) is 2.97. The predicted octanol–water partition coefficient (Wildman–Crippen LogP) is 4.49. The van der Waals surface area contributed by atoms with Gasteiger partial charge in [0.25, 0.3) is 5.89 Å². The summed E-state index contributed by atoms with van der Waals surface area (Å²) in [6.45, 7) is 4.27. The van der Waals surface area contributed by atoms with E-state index < -0.39 is 10.6 Å². The maximum absolute atomic E-state index is 10.3. The summed E-state index contributed by atoms with van der Waals surface area (Å²) in [7, 11) is -1.04. The normalized spacial score (nSPS) is 12.3. The van der Waals surface area contributed by atoms with Crippen LogP contribution in [-0.4, -0.2) is 46.6 Å². The molecule has 0 aliphatic carbocycles. The molecule has 3 heterocycles. The summed E-state index contributed by atoms with van der Waals surface area (Å²) in [6.07, 6.45) is 4.69. The Hall–Kier alpha value is -3.18. The third-order valence-electron chi connectivity index (χ3n) is 4.86. The molecule has 0 radical (unpaired) electrons. The van der Waals surface area contributed by atoms with Gasteiger partial charge < -0.3 is 9.73 Å². The number of nitrogens with one attached hydrogen (secondary N) is 1. The van der Waals surface area contributed by atoms with Crippen molar-refractivity contribution in [3.05, 3.63) is 60.6 Å². The van der Waals surface area contributed by atoms with Gasteiger partial charge in [-0.05, 0) is 50.7 Å². The van der Waals surface area contributed by atoms with Crippen molar-refractivity contribution in [3.63, 3.8) is 0 Å². The van der Waals surface area contributed by atoms with Gasteiger partial charge in [0.05, 0.1) is 18.1 Å². The van der Waals surface area contributed by atoms with Crippen molar-refractivity contribution < 1.29 is 13.5 Å². The highest BCUT2D eigenvalue weighted by atomic mass is 32.3. The molecule has 0 fully saturated rings. The number of benzene rings is 1.